The van der Waals surface area contributed by atoms with Gasteiger partial charge in [0.1, 0.15) is 5.82 Å². The summed E-state index contributed by atoms with van der Waals surface area (Å²) in [5, 5.41) is 13.1. The molecular weight excluding hydrogens is 241 g/mol. The molecule has 1 fully saturated rings. The van der Waals surface area contributed by atoms with Gasteiger partial charge in [0.25, 0.3) is 0 Å². The van der Waals surface area contributed by atoms with Crippen LogP contribution in [0, 0.1) is 5.82 Å². The van der Waals surface area contributed by atoms with E-state index in [0.29, 0.717) is 16.6 Å². The maximum absolute atomic E-state index is 13.7. The molecule has 2 rings (SSSR count). The van der Waals surface area contributed by atoms with E-state index in [1.165, 1.54) is 18.9 Å². The van der Waals surface area contributed by atoms with Gasteiger partial charge in [0, 0.05) is 16.6 Å². The second-order valence-corrected chi connectivity index (χ2v) is 4.99. The number of benzene rings is 1. The van der Waals surface area contributed by atoms with Crippen LogP contribution in [-0.2, 0) is 0 Å². The van der Waals surface area contributed by atoms with Gasteiger partial charge in [-0.05, 0) is 25.0 Å². The highest BCUT2D eigenvalue weighted by molar-refractivity contribution is 6.30. The molecule has 0 radical (unpaired) electrons. The summed E-state index contributed by atoms with van der Waals surface area (Å²) in [5.74, 6) is -0.359. The molecule has 1 unspecified atom stereocenters. The molecule has 2 nitrogen and oxygen atoms in total. The zero-order valence-corrected chi connectivity index (χ0v) is 10.4. The van der Waals surface area contributed by atoms with E-state index < -0.39 is 0 Å². The van der Waals surface area contributed by atoms with E-state index in [1.807, 2.05) is 0 Å². The molecule has 1 aromatic carbocycles. The van der Waals surface area contributed by atoms with Crippen molar-refractivity contribution in [2.75, 3.05) is 6.61 Å². The van der Waals surface area contributed by atoms with Crippen molar-refractivity contribution in [3.05, 3.63) is 34.6 Å². The first kappa shape index (κ1) is 12.8. The molecule has 0 saturated heterocycles. The Morgan fingerprint density at radius 2 is 2.12 bits per heavy atom. The standard InChI is InChI=1S/C13H17ClFNO/c14-9-5-6-11(12(15)7-9)13(8-17)16-10-3-1-2-4-10/h5-7,10,13,16-17H,1-4,8H2. The van der Waals surface area contributed by atoms with Crippen LogP contribution in [0.2, 0.25) is 5.02 Å². The minimum Gasteiger partial charge on any atom is -0.394 e. The summed E-state index contributed by atoms with van der Waals surface area (Å²) in [6.45, 7) is -0.102. The number of halogens is 2. The van der Waals surface area contributed by atoms with Crippen molar-refractivity contribution in [2.24, 2.45) is 0 Å². The lowest BCUT2D eigenvalue weighted by Crippen LogP contribution is -2.33. The topological polar surface area (TPSA) is 32.3 Å². The Kier molecular flexibility index (Phi) is 4.37. The first-order valence-electron chi connectivity index (χ1n) is 6.02. The first-order chi connectivity index (χ1) is 8.20. The van der Waals surface area contributed by atoms with E-state index >= 15 is 0 Å². The smallest absolute Gasteiger partial charge is 0.129 e. The van der Waals surface area contributed by atoms with Gasteiger partial charge in [0.2, 0.25) is 0 Å². The van der Waals surface area contributed by atoms with Gasteiger partial charge in [-0.25, -0.2) is 4.39 Å². The van der Waals surface area contributed by atoms with Gasteiger partial charge >= 0.3 is 0 Å². The summed E-state index contributed by atoms with van der Waals surface area (Å²) in [6, 6.07) is 4.63. The van der Waals surface area contributed by atoms with Crippen LogP contribution in [0.4, 0.5) is 4.39 Å². The molecule has 1 saturated carbocycles. The molecule has 0 aliphatic heterocycles. The third-order valence-electron chi connectivity index (χ3n) is 3.31. The third kappa shape index (κ3) is 3.18. The van der Waals surface area contributed by atoms with E-state index in [0.717, 1.165) is 12.8 Å². The fourth-order valence-electron chi connectivity index (χ4n) is 2.40. The van der Waals surface area contributed by atoms with E-state index in [9.17, 15) is 9.50 Å². The van der Waals surface area contributed by atoms with Crippen LogP contribution in [0.25, 0.3) is 0 Å². The molecule has 0 amide bonds. The summed E-state index contributed by atoms with van der Waals surface area (Å²) < 4.78 is 13.7. The van der Waals surface area contributed by atoms with Crippen molar-refractivity contribution in [2.45, 2.75) is 37.8 Å². The average molecular weight is 258 g/mol. The molecule has 0 spiro atoms. The molecule has 1 aliphatic carbocycles. The SMILES string of the molecule is OCC(NC1CCCC1)c1ccc(Cl)cc1F. The molecule has 4 heteroatoms. The third-order valence-corrected chi connectivity index (χ3v) is 3.55. The van der Waals surface area contributed by atoms with Crippen molar-refractivity contribution in [3.8, 4) is 0 Å². The van der Waals surface area contributed by atoms with Gasteiger partial charge in [-0.2, -0.15) is 0 Å². The second kappa shape index (κ2) is 5.80. The highest BCUT2D eigenvalue weighted by Gasteiger charge is 2.21. The number of hydrogen-bond donors (Lipinski definition) is 2. The van der Waals surface area contributed by atoms with E-state index in [1.54, 1.807) is 12.1 Å². The van der Waals surface area contributed by atoms with Crippen molar-refractivity contribution < 1.29 is 9.50 Å². The minimum atomic E-state index is -0.359. The van der Waals surface area contributed by atoms with Crippen LogP contribution >= 0.6 is 11.6 Å². The van der Waals surface area contributed by atoms with Crippen LogP contribution in [-0.4, -0.2) is 17.8 Å². The largest absolute Gasteiger partial charge is 0.394 e. The lowest BCUT2D eigenvalue weighted by Gasteiger charge is -2.22. The van der Waals surface area contributed by atoms with Crippen LogP contribution in [0.3, 0.4) is 0 Å². The van der Waals surface area contributed by atoms with Crippen LogP contribution in [0.1, 0.15) is 37.3 Å². The molecule has 0 heterocycles. The van der Waals surface area contributed by atoms with E-state index in [2.05, 4.69) is 5.32 Å². The van der Waals surface area contributed by atoms with Gasteiger partial charge < -0.3 is 10.4 Å². The number of aliphatic hydroxyl groups excluding tert-OH is 1. The van der Waals surface area contributed by atoms with Gasteiger partial charge in [-0.1, -0.05) is 30.5 Å². The normalized spacial score (nSPS) is 18.5. The van der Waals surface area contributed by atoms with Crippen molar-refractivity contribution in [1.82, 2.24) is 5.32 Å². The fraction of sp³-hybridized carbons (Fsp3) is 0.538. The number of hydrogen-bond acceptors (Lipinski definition) is 2. The molecular formula is C13H17ClFNO. The molecule has 1 aromatic rings. The highest BCUT2D eigenvalue weighted by atomic mass is 35.5. The van der Waals surface area contributed by atoms with E-state index in [-0.39, 0.29) is 18.5 Å². The predicted molar refractivity (Wildman–Crippen MR) is 66.6 cm³/mol. The number of aliphatic hydroxyl groups is 1. The number of rotatable bonds is 4. The lowest BCUT2D eigenvalue weighted by molar-refractivity contribution is 0.230. The molecule has 17 heavy (non-hydrogen) atoms. The Balaban J connectivity index is 2.10. The fourth-order valence-corrected chi connectivity index (χ4v) is 2.56. The minimum absolute atomic E-state index is 0.102. The number of nitrogens with one attached hydrogen (secondary N) is 1. The molecule has 94 valence electrons. The van der Waals surface area contributed by atoms with Gasteiger partial charge in [-0.15, -0.1) is 0 Å². The quantitative estimate of drug-likeness (QED) is 0.869. The predicted octanol–water partition coefficient (Wildman–Crippen LogP) is 3.04. The Morgan fingerprint density at radius 3 is 2.71 bits per heavy atom. The Bertz CT molecular complexity index is 380. The summed E-state index contributed by atoms with van der Waals surface area (Å²) in [4.78, 5) is 0. The van der Waals surface area contributed by atoms with Crippen molar-refractivity contribution >= 4 is 11.6 Å². The monoisotopic (exact) mass is 257 g/mol. The molecule has 1 aliphatic rings. The van der Waals surface area contributed by atoms with E-state index in [4.69, 9.17) is 11.6 Å². The van der Waals surface area contributed by atoms with Crippen LogP contribution in [0.5, 0.6) is 0 Å². The van der Waals surface area contributed by atoms with Crippen LogP contribution in [0.15, 0.2) is 18.2 Å². The Labute approximate surface area is 106 Å². The lowest BCUT2D eigenvalue weighted by atomic mass is 10.1. The zero-order valence-electron chi connectivity index (χ0n) is 9.63. The maximum Gasteiger partial charge on any atom is 0.129 e. The van der Waals surface area contributed by atoms with Crippen molar-refractivity contribution in [3.63, 3.8) is 0 Å². The first-order valence-corrected chi connectivity index (χ1v) is 6.40. The zero-order chi connectivity index (χ0) is 12.3. The average Bonchev–Trinajstić information content (AvgIpc) is 2.79. The summed E-state index contributed by atoms with van der Waals surface area (Å²) in [6.07, 6.45) is 4.62. The Morgan fingerprint density at radius 1 is 1.41 bits per heavy atom. The summed E-state index contributed by atoms with van der Waals surface area (Å²) >= 11 is 5.71. The molecule has 2 N–H and O–H groups in total. The molecule has 0 bridgehead atoms. The van der Waals surface area contributed by atoms with Crippen LogP contribution < -0.4 is 5.32 Å². The highest BCUT2D eigenvalue weighted by Crippen LogP contribution is 2.24. The summed E-state index contributed by atoms with van der Waals surface area (Å²) in [5.41, 5.74) is 0.490. The molecule has 0 aromatic heterocycles. The van der Waals surface area contributed by atoms with Gasteiger partial charge in [-0.3, -0.25) is 0 Å². The Hall–Kier alpha value is -0.640. The second-order valence-electron chi connectivity index (χ2n) is 4.55. The summed E-state index contributed by atoms with van der Waals surface area (Å²) in [7, 11) is 0. The van der Waals surface area contributed by atoms with Gasteiger partial charge in [0.05, 0.1) is 12.6 Å². The maximum atomic E-state index is 13.7. The molecule has 1 atom stereocenters. The van der Waals surface area contributed by atoms with Gasteiger partial charge in [0.15, 0.2) is 0 Å². The van der Waals surface area contributed by atoms with Crippen molar-refractivity contribution in [1.29, 1.82) is 0 Å².